The number of rotatable bonds is 6. The van der Waals surface area contributed by atoms with Crippen LogP contribution in [0.15, 0.2) is 23.1 Å². The molecule has 2 heterocycles. The first-order valence-electron chi connectivity index (χ1n) is 11.4. The molecule has 36 heavy (non-hydrogen) atoms. The molecule has 1 aromatic heterocycles. The second-order valence-corrected chi connectivity index (χ2v) is 9.40. The number of aliphatic hydroxyl groups excluding tert-OH is 1. The smallest absolute Gasteiger partial charge is 0.343 e. The van der Waals surface area contributed by atoms with Gasteiger partial charge in [-0.2, -0.15) is 0 Å². The van der Waals surface area contributed by atoms with E-state index in [0.29, 0.717) is 19.5 Å². The third-order valence-electron chi connectivity index (χ3n) is 6.69. The molecule has 5 N–H and O–H groups in total. The highest BCUT2D eigenvalue weighted by Crippen LogP contribution is 2.42. The zero-order chi connectivity index (χ0) is 26.5. The number of fused-ring (bicyclic) bond motifs is 1. The molecular formula is C25H27ClF2N4O4. The Bertz CT molecular complexity index is 1450. The minimum Gasteiger partial charge on any atom is -0.462 e. The normalized spacial score (nSPS) is 14.7. The van der Waals surface area contributed by atoms with Gasteiger partial charge in [0.15, 0.2) is 5.82 Å². The Balaban J connectivity index is 2.14. The Labute approximate surface area is 211 Å². The fraction of sp³-hybridized carbons (Fsp3) is 0.360. The maximum atomic E-state index is 15.7. The summed E-state index contributed by atoms with van der Waals surface area (Å²) in [4.78, 5) is 27.8. The van der Waals surface area contributed by atoms with Crippen LogP contribution in [0.2, 0.25) is 5.02 Å². The molecular weight excluding hydrogens is 494 g/mol. The van der Waals surface area contributed by atoms with Gasteiger partial charge in [0.05, 0.1) is 51.7 Å². The van der Waals surface area contributed by atoms with Gasteiger partial charge in [0.1, 0.15) is 11.4 Å². The van der Waals surface area contributed by atoms with Crippen LogP contribution in [0.1, 0.15) is 41.8 Å². The Kier molecular flexibility index (Phi) is 6.72. The van der Waals surface area contributed by atoms with E-state index in [1.165, 1.54) is 23.8 Å². The Morgan fingerprint density at radius 2 is 1.94 bits per heavy atom. The number of aliphatic hydroxyl groups is 1. The molecule has 1 aliphatic rings. The largest absolute Gasteiger partial charge is 0.462 e. The van der Waals surface area contributed by atoms with Crippen LogP contribution in [0.5, 0.6) is 0 Å². The summed E-state index contributed by atoms with van der Waals surface area (Å²) in [5.41, 5.74) is 10.6. The zero-order valence-corrected chi connectivity index (χ0v) is 20.9. The molecule has 0 aliphatic carbocycles. The molecule has 0 amide bonds. The van der Waals surface area contributed by atoms with Crippen molar-refractivity contribution in [3.63, 3.8) is 0 Å². The Morgan fingerprint density at radius 3 is 2.53 bits per heavy atom. The number of carbonyl (C=O) groups is 1. The van der Waals surface area contributed by atoms with Crippen LogP contribution < -0.4 is 21.8 Å². The summed E-state index contributed by atoms with van der Waals surface area (Å²) >= 11 is 6.78. The van der Waals surface area contributed by atoms with Gasteiger partial charge in [0.25, 0.3) is 0 Å². The first-order chi connectivity index (χ1) is 17.0. The number of hydrogen-bond donors (Lipinski definition) is 3. The van der Waals surface area contributed by atoms with Crippen LogP contribution in [0.25, 0.3) is 16.6 Å². The van der Waals surface area contributed by atoms with Gasteiger partial charge < -0.3 is 30.8 Å². The number of benzene rings is 2. The summed E-state index contributed by atoms with van der Waals surface area (Å²) in [5, 5.41) is 9.70. The summed E-state index contributed by atoms with van der Waals surface area (Å²) in [7, 11) is 0. The molecule has 1 saturated heterocycles. The first-order valence-corrected chi connectivity index (χ1v) is 11.8. The molecule has 0 radical (unpaired) electrons. The minimum absolute atomic E-state index is 0.00195. The average Bonchev–Trinajstić information content (AvgIpc) is 2.82. The molecule has 1 fully saturated rings. The number of esters is 1. The van der Waals surface area contributed by atoms with Crippen molar-refractivity contribution >= 4 is 39.8 Å². The summed E-state index contributed by atoms with van der Waals surface area (Å²) in [5.74, 6) is -2.39. The van der Waals surface area contributed by atoms with E-state index in [1.54, 1.807) is 11.8 Å². The van der Waals surface area contributed by atoms with Crippen LogP contribution in [-0.2, 0) is 11.3 Å². The number of aryl methyl sites for hydroxylation is 1. The molecule has 1 aliphatic heterocycles. The van der Waals surface area contributed by atoms with E-state index in [9.17, 15) is 19.1 Å². The van der Waals surface area contributed by atoms with Gasteiger partial charge in [-0.3, -0.25) is 4.79 Å². The number of nitrogen functional groups attached to an aromatic ring is 1. The van der Waals surface area contributed by atoms with E-state index in [4.69, 9.17) is 27.8 Å². The standard InChI is InChI=1S/C25H27ClF2N4O4/c1-4-25(30)10-31(11-25)22-19(26)21-18(12(3)20(22)28)23(34)14(24(35)36-5-2)8-32(21)17-7-16(29)15(27)6-13(17)9-33/h6-8,33H,4-5,9-11,29-30H2,1-3H3. The summed E-state index contributed by atoms with van der Waals surface area (Å²) in [6, 6.07) is 2.29. The highest BCUT2D eigenvalue weighted by Gasteiger charge is 2.41. The van der Waals surface area contributed by atoms with E-state index in [2.05, 4.69) is 0 Å². The molecule has 0 bridgehead atoms. The van der Waals surface area contributed by atoms with E-state index in [1.807, 2.05) is 6.92 Å². The molecule has 11 heteroatoms. The van der Waals surface area contributed by atoms with Crippen molar-refractivity contribution in [2.75, 3.05) is 30.3 Å². The molecule has 0 unspecified atom stereocenters. The first kappa shape index (κ1) is 25.9. The maximum Gasteiger partial charge on any atom is 0.343 e. The summed E-state index contributed by atoms with van der Waals surface area (Å²) in [6.45, 7) is 5.05. The van der Waals surface area contributed by atoms with Gasteiger partial charge in [-0.1, -0.05) is 18.5 Å². The fourth-order valence-corrected chi connectivity index (χ4v) is 4.95. The quantitative estimate of drug-likeness (QED) is 0.336. The van der Waals surface area contributed by atoms with Crippen LogP contribution in [0.4, 0.5) is 20.2 Å². The lowest BCUT2D eigenvalue weighted by Gasteiger charge is -2.49. The molecule has 0 atom stereocenters. The van der Waals surface area contributed by atoms with Crippen LogP contribution in [0.3, 0.4) is 0 Å². The lowest BCUT2D eigenvalue weighted by atomic mass is 9.87. The van der Waals surface area contributed by atoms with E-state index in [0.717, 1.165) is 6.07 Å². The third-order valence-corrected chi connectivity index (χ3v) is 7.05. The summed E-state index contributed by atoms with van der Waals surface area (Å²) in [6.07, 6.45) is 1.87. The maximum absolute atomic E-state index is 15.7. The molecule has 4 rings (SSSR count). The third kappa shape index (κ3) is 3.99. The van der Waals surface area contributed by atoms with Crippen LogP contribution in [-0.4, -0.2) is 40.9 Å². The number of nitrogens with two attached hydrogens (primary N) is 2. The Hall–Kier alpha value is -3.21. The lowest BCUT2D eigenvalue weighted by molar-refractivity contribution is 0.0524. The van der Waals surface area contributed by atoms with Crippen LogP contribution in [0, 0.1) is 18.6 Å². The predicted molar refractivity (Wildman–Crippen MR) is 135 cm³/mol. The van der Waals surface area contributed by atoms with Gasteiger partial charge in [-0.05, 0) is 32.4 Å². The van der Waals surface area contributed by atoms with Gasteiger partial charge >= 0.3 is 5.97 Å². The minimum atomic E-state index is -0.919. The lowest BCUT2D eigenvalue weighted by Crippen LogP contribution is -2.67. The van der Waals surface area contributed by atoms with Gasteiger partial charge in [0.2, 0.25) is 5.43 Å². The number of pyridine rings is 1. The van der Waals surface area contributed by atoms with E-state index >= 15 is 4.39 Å². The topological polar surface area (TPSA) is 124 Å². The number of nitrogens with zero attached hydrogens (tertiary/aromatic N) is 2. The fourth-order valence-electron chi connectivity index (χ4n) is 4.56. The number of aromatic nitrogens is 1. The number of halogens is 3. The number of hydrogen-bond acceptors (Lipinski definition) is 7. The zero-order valence-electron chi connectivity index (χ0n) is 20.1. The monoisotopic (exact) mass is 520 g/mol. The van der Waals surface area contributed by atoms with Crippen molar-refractivity contribution in [3.8, 4) is 5.69 Å². The second kappa shape index (κ2) is 9.34. The highest BCUT2D eigenvalue weighted by molar-refractivity contribution is 6.38. The number of carbonyl (C=O) groups excluding carboxylic acids is 1. The SMILES string of the molecule is CCOC(=O)c1cn(-c2cc(N)c(F)cc2CO)c2c(Cl)c(N3CC(N)(CC)C3)c(F)c(C)c2c1=O. The van der Waals surface area contributed by atoms with Gasteiger partial charge in [-0.15, -0.1) is 0 Å². The second-order valence-electron chi connectivity index (χ2n) is 9.02. The molecule has 192 valence electrons. The van der Waals surface area contributed by atoms with Gasteiger partial charge in [0, 0.05) is 30.4 Å². The van der Waals surface area contributed by atoms with Crippen molar-refractivity contribution in [1.82, 2.24) is 4.57 Å². The van der Waals surface area contributed by atoms with Crippen molar-refractivity contribution in [1.29, 1.82) is 0 Å². The van der Waals surface area contributed by atoms with Crippen molar-refractivity contribution in [3.05, 3.63) is 61.9 Å². The molecule has 2 aromatic carbocycles. The Morgan fingerprint density at radius 1 is 1.28 bits per heavy atom. The van der Waals surface area contributed by atoms with Gasteiger partial charge in [-0.25, -0.2) is 13.6 Å². The average molecular weight is 521 g/mol. The van der Waals surface area contributed by atoms with E-state index in [-0.39, 0.29) is 56.3 Å². The summed E-state index contributed by atoms with van der Waals surface area (Å²) < 4.78 is 36.3. The molecule has 8 nitrogen and oxygen atoms in total. The molecule has 3 aromatic rings. The van der Waals surface area contributed by atoms with Crippen molar-refractivity contribution in [2.45, 2.75) is 39.3 Å². The number of anilines is 2. The number of ether oxygens (including phenoxy) is 1. The molecule has 0 saturated carbocycles. The van der Waals surface area contributed by atoms with Crippen LogP contribution >= 0.6 is 11.6 Å². The van der Waals surface area contributed by atoms with Crippen molar-refractivity contribution < 1.29 is 23.4 Å². The van der Waals surface area contributed by atoms with Crippen molar-refractivity contribution in [2.24, 2.45) is 5.73 Å². The highest BCUT2D eigenvalue weighted by atomic mass is 35.5. The van der Waals surface area contributed by atoms with E-state index < -0.39 is 35.2 Å². The predicted octanol–water partition coefficient (Wildman–Crippen LogP) is 3.41. The molecule has 0 spiro atoms.